The van der Waals surface area contributed by atoms with E-state index in [0.717, 1.165) is 28.0 Å². The number of carbonyl (C=O) groups excluding carboxylic acids is 1. The number of hydrogen-bond acceptors (Lipinski definition) is 6. The zero-order valence-electron chi connectivity index (χ0n) is 17.9. The van der Waals surface area contributed by atoms with Gasteiger partial charge in [-0.15, -0.1) is 0 Å². The van der Waals surface area contributed by atoms with Crippen LogP contribution in [0.4, 0.5) is 0 Å². The Morgan fingerprint density at radius 1 is 1.26 bits per heavy atom. The Labute approximate surface area is 186 Å². The molecule has 2 aromatic heterocycles. The van der Waals surface area contributed by atoms with Gasteiger partial charge in [0, 0.05) is 18.2 Å². The Morgan fingerprint density at radius 2 is 2.00 bits per heavy atom. The molecule has 1 saturated heterocycles. The molecule has 31 heavy (non-hydrogen) atoms. The van der Waals surface area contributed by atoms with Gasteiger partial charge in [0.15, 0.2) is 15.0 Å². The molecule has 4 rings (SSSR count). The van der Waals surface area contributed by atoms with Gasteiger partial charge in [-0.1, -0.05) is 42.1 Å². The topological polar surface area (TPSA) is 84.6 Å². The van der Waals surface area contributed by atoms with Gasteiger partial charge in [0.2, 0.25) is 5.91 Å². The van der Waals surface area contributed by atoms with Crippen LogP contribution >= 0.6 is 11.8 Å². The van der Waals surface area contributed by atoms with Crippen molar-refractivity contribution in [1.82, 2.24) is 19.5 Å². The summed E-state index contributed by atoms with van der Waals surface area (Å²) in [4.78, 5) is 19.5. The molecular weight excluding hydrogens is 432 g/mol. The lowest BCUT2D eigenvalue weighted by Gasteiger charge is -2.26. The number of nitrogens with zero attached hydrogens (tertiary/aromatic N) is 4. The minimum Gasteiger partial charge on any atom is -0.338 e. The molecule has 1 aromatic carbocycles. The van der Waals surface area contributed by atoms with Crippen molar-refractivity contribution >= 4 is 33.0 Å². The normalized spacial score (nSPS) is 17.8. The van der Waals surface area contributed by atoms with Crippen LogP contribution in [-0.2, 0) is 14.6 Å². The van der Waals surface area contributed by atoms with Crippen LogP contribution in [0.25, 0.3) is 16.8 Å². The second kappa shape index (κ2) is 8.63. The average molecular weight is 459 g/mol. The fraction of sp³-hybridized carbons (Fsp3) is 0.409. The van der Waals surface area contributed by atoms with Crippen LogP contribution in [-0.4, -0.2) is 63.7 Å². The summed E-state index contributed by atoms with van der Waals surface area (Å²) in [5, 5.41) is 5.31. The van der Waals surface area contributed by atoms with Gasteiger partial charge in [0.05, 0.1) is 34.2 Å². The van der Waals surface area contributed by atoms with Gasteiger partial charge in [-0.25, -0.2) is 17.9 Å². The number of carbonyl (C=O) groups is 1. The molecule has 1 amide bonds. The number of thioether (sulfide) groups is 1. The van der Waals surface area contributed by atoms with E-state index in [2.05, 4.69) is 5.10 Å². The van der Waals surface area contributed by atoms with Gasteiger partial charge in [-0.3, -0.25) is 4.79 Å². The molecule has 1 aliphatic rings. The Balaban J connectivity index is 1.62. The molecule has 0 bridgehead atoms. The minimum absolute atomic E-state index is 0.0572. The van der Waals surface area contributed by atoms with Crippen molar-refractivity contribution in [2.24, 2.45) is 0 Å². The molecule has 0 spiro atoms. The molecule has 3 aromatic rings. The van der Waals surface area contributed by atoms with Crippen molar-refractivity contribution in [3.8, 4) is 11.3 Å². The SMILES string of the molecule is CCN(C(=O)CSc1nc(-c2ccccc2)c2c(C)cc(C)nn12)[C@H]1CCS(=O)(=O)C1. The highest BCUT2D eigenvalue weighted by Gasteiger charge is 2.34. The lowest BCUT2D eigenvalue weighted by atomic mass is 10.1. The molecule has 7 nitrogen and oxygen atoms in total. The quantitative estimate of drug-likeness (QED) is 0.528. The summed E-state index contributed by atoms with van der Waals surface area (Å²) in [6.45, 7) is 6.36. The van der Waals surface area contributed by atoms with E-state index < -0.39 is 9.84 Å². The highest BCUT2D eigenvalue weighted by atomic mass is 32.2. The predicted octanol–water partition coefficient (Wildman–Crippen LogP) is 3.14. The van der Waals surface area contributed by atoms with Gasteiger partial charge in [0.25, 0.3) is 0 Å². The maximum Gasteiger partial charge on any atom is 0.233 e. The number of aryl methyl sites for hydroxylation is 2. The first kappa shape index (κ1) is 21.8. The number of hydrogen-bond donors (Lipinski definition) is 0. The molecule has 0 N–H and O–H groups in total. The summed E-state index contributed by atoms with van der Waals surface area (Å²) in [6.07, 6.45) is 0.511. The third kappa shape index (κ3) is 4.48. The van der Waals surface area contributed by atoms with E-state index in [-0.39, 0.29) is 29.2 Å². The number of sulfone groups is 1. The molecule has 164 valence electrons. The molecule has 1 aliphatic heterocycles. The molecule has 1 fully saturated rings. The van der Waals surface area contributed by atoms with Crippen molar-refractivity contribution in [3.63, 3.8) is 0 Å². The Morgan fingerprint density at radius 3 is 2.65 bits per heavy atom. The van der Waals surface area contributed by atoms with E-state index >= 15 is 0 Å². The number of aromatic nitrogens is 3. The second-order valence-corrected chi connectivity index (χ2v) is 11.0. The number of fused-ring (bicyclic) bond motifs is 1. The first-order valence-corrected chi connectivity index (χ1v) is 13.1. The molecule has 9 heteroatoms. The van der Waals surface area contributed by atoms with Crippen LogP contribution in [0.5, 0.6) is 0 Å². The lowest BCUT2D eigenvalue weighted by molar-refractivity contribution is -0.129. The van der Waals surface area contributed by atoms with Crippen molar-refractivity contribution in [3.05, 3.63) is 47.7 Å². The van der Waals surface area contributed by atoms with Crippen molar-refractivity contribution in [2.75, 3.05) is 23.8 Å². The van der Waals surface area contributed by atoms with E-state index in [1.807, 2.05) is 61.7 Å². The van der Waals surface area contributed by atoms with Crippen molar-refractivity contribution < 1.29 is 13.2 Å². The van der Waals surface area contributed by atoms with Crippen molar-refractivity contribution in [2.45, 2.75) is 38.4 Å². The van der Waals surface area contributed by atoms with Crippen LogP contribution in [0.15, 0.2) is 41.6 Å². The molecule has 3 heterocycles. The summed E-state index contributed by atoms with van der Waals surface area (Å²) < 4.78 is 25.5. The average Bonchev–Trinajstić information content (AvgIpc) is 3.27. The minimum atomic E-state index is -3.04. The number of rotatable bonds is 6. The summed E-state index contributed by atoms with van der Waals surface area (Å²) in [5.74, 6) is 0.327. The van der Waals surface area contributed by atoms with Gasteiger partial charge < -0.3 is 4.90 Å². The fourth-order valence-electron chi connectivity index (χ4n) is 4.17. The monoisotopic (exact) mass is 458 g/mol. The highest BCUT2D eigenvalue weighted by Crippen LogP contribution is 2.31. The van der Waals surface area contributed by atoms with Crippen LogP contribution in [0.1, 0.15) is 24.6 Å². The highest BCUT2D eigenvalue weighted by molar-refractivity contribution is 7.99. The van der Waals surface area contributed by atoms with Crippen molar-refractivity contribution in [1.29, 1.82) is 0 Å². The summed E-state index contributed by atoms with van der Waals surface area (Å²) in [5.41, 5.74) is 4.72. The summed E-state index contributed by atoms with van der Waals surface area (Å²) >= 11 is 1.34. The Bertz CT molecular complexity index is 1220. The zero-order valence-corrected chi connectivity index (χ0v) is 19.5. The maximum atomic E-state index is 12.9. The molecular formula is C22H26N4O3S2. The first-order valence-electron chi connectivity index (χ1n) is 10.3. The van der Waals surface area contributed by atoms with Crippen LogP contribution in [0, 0.1) is 13.8 Å². The Kier molecular flexibility index (Phi) is 6.07. The van der Waals surface area contributed by atoms with Crippen LogP contribution in [0.3, 0.4) is 0 Å². The number of benzene rings is 1. The predicted molar refractivity (Wildman–Crippen MR) is 123 cm³/mol. The summed E-state index contributed by atoms with van der Waals surface area (Å²) in [6, 6.07) is 11.7. The van der Waals surface area contributed by atoms with E-state index in [4.69, 9.17) is 4.98 Å². The molecule has 0 saturated carbocycles. The van der Waals surface area contributed by atoms with Crippen LogP contribution < -0.4 is 0 Å². The standard InChI is InChI=1S/C22H26N4O3S2/c1-4-25(18-10-11-31(28,29)14-18)19(27)13-30-22-23-20(17-8-6-5-7-9-17)21-15(2)12-16(3)24-26(21)22/h5-9,12,18H,4,10-11,13-14H2,1-3H3/t18-/m0/s1. The third-order valence-corrected chi connectivity index (χ3v) is 8.23. The smallest absolute Gasteiger partial charge is 0.233 e. The van der Waals surface area contributed by atoms with E-state index in [1.54, 1.807) is 4.90 Å². The maximum absolute atomic E-state index is 12.9. The van der Waals surface area contributed by atoms with Gasteiger partial charge >= 0.3 is 0 Å². The zero-order chi connectivity index (χ0) is 22.2. The Hall–Kier alpha value is -2.39. The van der Waals surface area contributed by atoms with Gasteiger partial charge in [-0.2, -0.15) is 5.10 Å². The fourth-order valence-corrected chi connectivity index (χ4v) is 6.73. The van der Waals surface area contributed by atoms with Gasteiger partial charge in [0.1, 0.15) is 0 Å². The van der Waals surface area contributed by atoms with E-state index in [1.165, 1.54) is 11.8 Å². The largest absolute Gasteiger partial charge is 0.338 e. The van der Waals surface area contributed by atoms with Gasteiger partial charge in [-0.05, 0) is 38.8 Å². The third-order valence-electron chi connectivity index (χ3n) is 5.56. The molecule has 1 atom stereocenters. The van der Waals surface area contributed by atoms with Crippen LogP contribution in [0.2, 0.25) is 0 Å². The number of amides is 1. The molecule has 0 radical (unpaired) electrons. The van der Waals surface area contributed by atoms with E-state index in [0.29, 0.717) is 18.1 Å². The molecule has 0 aliphatic carbocycles. The number of imidazole rings is 1. The van der Waals surface area contributed by atoms with E-state index in [9.17, 15) is 13.2 Å². The molecule has 0 unspecified atom stereocenters. The second-order valence-electron chi connectivity index (χ2n) is 7.86. The summed E-state index contributed by atoms with van der Waals surface area (Å²) in [7, 11) is -3.04. The lowest BCUT2D eigenvalue weighted by Crippen LogP contribution is -2.42. The first-order chi connectivity index (χ1) is 14.8.